The van der Waals surface area contributed by atoms with Gasteiger partial charge in [0.15, 0.2) is 5.82 Å². The number of aryl methyl sites for hydroxylation is 2. The molecule has 2 aliphatic heterocycles. The van der Waals surface area contributed by atoms with E-state index in [1.807, 2.05) is 34.8 Å². The molecule has 9 nitrogen and oxygen atoms in total. The summed E-state index contributed by atoms with van der Waals surface area (Å²) in [6.45, 7) is 3.97. The molecule has 27 heavy (non-hydrogen) atoms. The van der Waals surface area contributed by atoms with Crippen LogP contribution in [0.5, 0.6) is 0 Å². The second kappa shape index (κ2) is 6.49. The summed E-state index contributed by atoms with van der Waals surface area (Å²) in [5.41, 5.74) is 0.392. The van der Waals surface area contributed by atoms with E-state index in [9.17, 15) is 9.59 Å². The van der Waals surface area contributed by atoms with Gasteiger partial charge in [-0.25, -0.2) is 0 Å². The van der Waals surface area contributed by atoms with Crippen LogP contribution < -0.4 is 0 Å². The predicted molar refractivity (Wildman–Crippen MR) is 94.0 cm³/mol. The molecular formula is C18H23N5O4. The largest absolute Gasteiger partial charge is 0.375 e. The molecule has 2 amide bonds. The van der Waals surface area contributed by atoms with E-state index in [1.165, 1.54) is 7.11 Å². The third-order valence-electron chi connectivity index (χ3n) is 5.57. The van der Waals surface area contributed by atoms with Crippen LogP contribution in [-0.4, -0.2) is 76.2 Å². The Labute approximate surface area is 156 Å². The summed E-state index contributed by atoms with van der Waals surface area (Å²) < 4.78 is 12.2. The monoisotopic (exact) mass is 373 g/mol. The number of likely N-dealkylation sites (tertiary alicyclic amines) is 2. The van der Waals surface area contributed by atoms with E-state index >= 15 is 0 Å². The normalized spacial score (nSPS) is 20.9. The Morgan fingerprint density at radius 2 is 2.07 bits per heavy atom. The van der Waals surface area contributed by atoms with Crippen LogP contribution in [0.3, 0.4) is 0 Å². The number of amides is 2. The summed E-state index contributed by atoms with van der Waals surface area (Å²) in [7, 11) is 3.36. The summed E-state index contributed by atoms with van der Waals surface area (Å²) in [6.07, 6.45) is 1.85. The van der Waals surface area contributed by atoms with Crippen molar-refractivity contribution in [2.45, 2.75) is 12.8 Å². The molecular weight excluding hydrogens is 350 g/mol. The maximum absolute atomic E-state index is 12.8. The van der Waals surface area contributed by atoms with Crippen molar-refractivity contribution in [1.82, 2.24) is 24.5 Å². The molecule has 4 rings (SSSR count). The van der Waals surface area contributed by atoms with E-state index in [4.69, 9.17) is 9.26 Å². The highest BCUT2D eigenvalue weighted by molar-refractivity contribution is 5.93. The average molecular weight is 373 g/mol. The number of hydrogen-bond acceptors (Lipinski definition) is 6. The highest BCUT2D eigenvalue weighted by atomic mass is 16.5. The number of carbonyl (C=O) groups is 2. The summed E-state index contributed by atoms with van der Waals surface area (Å²) in [4.78, 5) is 33.1. The Kier molecular flexibility index (Phi) is 4.26. The minimum atomic E-state index is -0.261. The van der Waals surface area contributed by atoms with E-state index in [2.05, 4.69) is 10.1 Å². The van der Waals surface area contributed by atoms with Crippen molar-refractivity contribution in [2.24, 2.45) is 12.5 Å². The lowest BCUT2D eigenvalue weighted by Crippen LogP contribution is -2.61. The summed E-state index contributed by atoms with van der Waals surface area (Å²) in [6, 6.07) is 3.67. The van der Waals surface area contributed by atoms with Gasteiger partial charge in [0, 0.05) is 51.9 Å². The van der Waals surface area contributed by atoms with Crippen molar-refractivity contribution in [2.75, 3.05) is 39.9 Å². The van der Waals surface area contributed by atoms with Gasteiger partial charge in [-0.15, -0.1) is 0 Å². The minimum absolute atomic E-state index is 0.00440. The molecule has 2 fully saturated rings. The number of hydrogen-bond donors (Lipinski definition) is 0. The van der Waals surface area contributed by atoms with Crippen molar-refractivity contribution >= 4 is 11.8 Å². The number of methoxy groups -OCH3 is 1. The summed E-state index contributed by atoms with van der Waals surface area (Å²) in [5, 5.41) is 3.90. The van der Waals surface area contributed by atoms with Crippen molar-refractivity contribution in [3.63, 3.8) is 0 Å². The lowest BCUT2D eigenvalue weighted by atomic mass is 9.71. The first kappa shape index (κ1) is 17.7. The smallest absolute Gasteiger partial charge is 0.270 e. The van der Waals surface area contributed by atoms with Crippen molar-refractivity contribution in [3.8, 4) is 0 Å². The zero-order valence-corrected chi connectivity index (χ0v) is 15.7. The second-order valence-electron chi connectivity index (χ2n) is 7.47. The van der Waals surface area contributed by atoms with Crippen LogP contribution in [0.15, 0.2) is 22.9 Å². The van der Waals surface area contributed by atoms with Crippen LogP contribution >= 0.6 is 0 Å². The number of carbonyl (C=O) groups excluding carboxylic acids is 2. The van der Waals surface area contributed by atoms with Crippen LogP contribution in [0.2, 0.25) is 0 Å². The molecule has 1 atom stereocenters. The zero-order chi connectivity index (χ0) is 19.2. The molecule has 0 aliphatic carbocycles. The van der Waals surface area contributed by atoms with Gasteiger partial charge in [0.1, 0.15) is 12.3 Å². The highest BCUT2D eigenvalue weighted by Gasteiger charge is 2.58. The minimum Gasteiger partial charge on any atom is -0.375 e. The third kappa shape index (κ3) is 2.91. The van der Waals surface area contributed by atoms with Crippen molar-refractivity contribution in [3.05, 3.63) is 35.7 Å². The molecule has 2 aromatic heterocycles. The lowest BCUT2D eigenvalue weighted by molar-refractivity contribution is -0.134. The molecule has 2 aromatic rings. The molecule has 144 valence electrons. The molecule has 2 saturated heterocycles. The van der Waals surface area contributed by atoms with Crippen molar-refractivity contribution in [1.29, 1.82) is 0 Å². The molecule has 0 aromatic carbocycles. The van der Waals surface area contributed by atoms with Gasteiger partial charge in [0.05, 0.1) is 5.92 Å². The van der Waals surface area contributed by atoms with Gasteiger partial charge < -0.3 is 23.6 Å². The van der Waals surface area contributed by atoms with E-state index in [0.29, 0.717) is 43.6 Å². The standard InChI is InChI=1S/C18H23N5O4/c1-12-19-16(27-20-12)13-7-22(15(24)8-26-3)9-18(13)10-23(11-18)17(25)14-5-4-6-21(14)2/h4-6,13H,7-11H2,1-3H3. The van der Waals surface area contributed by atoms with Crippen LogP contribution in [0, 0.1) is 12.3 Å². The topological polar surface area (TPSA) is 93.7 Å². The Morgan fingerprint density at radius 1 is 1.33 bits per heavy atom. The Hall–Kier alpha value is -2.68. The maximum atomic E-state index is 12.8. The first-order valence-electron chi connectivity index (χ1n) is 8.91. The molecule has 0 N–H and O–H groups in total. The first-order valence-corrected chi connectivity index (χ1v) is 8.91. The van der Waals surface area contributed by atoms with E-state index < -0.39 is 0 Å². The van der Waals surface area contributed by atoms with Gasteiger partial charge in [-0.3, -0.25) is 9.59 Å². The quantitative estimate of drug-likeness (QED) is 0.772. The summed E-state index contributed by atoms with van der Waals surface area (Å²) in [5.74, 6) is 0.944. The molecule has 1 unspecified atom stereocenters. The van der Waals surface area contributed by atoms with Crippen LogP contribution in [0.1, 0.15) is 28.1 Å². The van der Waals surface area contributed by atoms with Crippen molar-refractivity contribution < 1.29 is 18.8 Å². The molecule has 1 spiro atoms. The fourth-order valence-corrected chi connectivity index (χ4v) is 4.19. The summed E-state index contributed by atoms with van der Waals surface area (Å²) >= 11 is 0. The Morgan fingerprint density at radius 3 is 2.67 bits per heavy atom. The lowest BCUT2D eigenvalue weighted by Gasteiger charge is -2.49. The third-order valence-corrected chi connectivity index (χ3v) is 5.57. The van der Waals surface area contributed by atoms with E-state index in [0.717, 1.165) is 0 Å². The van der Waals surface area contributed by atoms with Crippen LogP contribution in [-0.2, 0) is 16.6 Å². The molecule has 9 heteroatoms. The van der Waals surface area contributed by atoms with Crippen LogP contribution in [0.4, 0.5) is 0 Å². The molecule has 0 bridgehead atoms. The Balaban J connectivity index is 1.55. The van der Waals surface area contributed by atoms with Gasteiger partial charge in [-0.1, -0.05) is 5.16 Å². The number of aromatic nitrogens is 3. The fraction of sp³-hybridized carbons (Fsp3) is 0.556. The van der Waals surface area contributed by atoms with Gasteiger partial charge >= 0.3 is 0 Å². The SMILES string of the molecule is COCC(=O)N1CC(c2nc(C)no2)C2(C1)CN(C(=O)c1cccn1C)C2. The average Bonchev–Trinajstić information content (AvgIpc) is 3.30. The van der Waals surface area contributed by atoms with Gasteiger partial charge in [0.2, 0.25) is 11.8 Å². The molecule has 2 aliphatic rings. The molecule has 4 heterocycles. The zero-order valence-electron chi connectivity index (χ0n) is 15.7. The number of nitrogens with zero attached hydrogens (tertiary/aromatic N) is 5. The fourth-order valence-electron chi connectivity index (χ4n) is 4.19. The van der Waals surface area contributed by atoms with Gasteiger partial charge in [0.25, 0.3) is 5.91 Å². The maximum Gasteiger partial charge on any atom is 0.270 e. The predicted octanol–water partition coefficient (Wildman–Crippen LogP) is 0.431. The second-order valence-corrected chi connectivity index (χ2v) is 7.47. The highest BCUT2D eigenvalue weighted by Crippen LogP contribution is 2.49. The van der Waals surface area contributed by atoms with E-state index in [1.54, 1.807) is 11.8 Å². The van der Waals surface area contributed by atoms with Gasteiger partial charge in [-0.2, -0.15) is 4.98 Å². The van der Waals surface area contributed by atoms with Crippen LogP contribution in [0.25, 0.3) is 0 Å². The van der Waals surface area contributed by atoms with Gasteiger partial charge in [-0.05, 0) is 19.1 Å². The molecule has 0 saturated carbocycles. The number of rotatable bonds is 4. The Bertz CT molecular complexity index is 867. The molecule has 0 radical (unpaired) electrons. The first-order chi connectivity index (χ1) is 12.9. The van der Waals surface area contributed by atoms with E-state index in [-0.39, 0.29) is 29.8 Å². The number of ether oxygens (including phenoxy) is 1.